The van der Waals surface area contributed by atoms with Crippen LogP contribution in [0.25, 0.3) is 11.4 Å². The summed E-state index contributed by atoms with van der Waals surface area (Å²) in [7, 11) is 0. The summed E-state index contributed by atoms with van der Waals surface area (Å²) in [5.41, 5.74) is 4.67. The normalized spacial score (nSPS) is 11.7. The number of nitrogens with zero attached hydrogens (tertiary/aromatic N) is 3. The van der Waals surface area contributed by atoms with Crippen molar-refractivity contribution in [3.05, 3.63) is 24.3 Å². The van der Waals surface area contributed by atoms with E-state index in [1.54, 1.807) is 0 Å². The number of nitrogen functional groups attached to an aromatic ring is 1. The molecule has 0 atom stereocenters. The summed E-state index contributed by atoms with van der Waals surface area (Å²) in [4.78, 5) is 13.0. The Morgan fingerprint density at radius 2 is 1.69 bits per heavy atom. The summed E-state index contributed by atoms with van der Waals surface area (Å²) in [5.74, 6) is 0.0960. The number of rotatable bonds is 1. The number of anilines is 1. The molecule has 0 spiro atoms. The number of halogens is 3. The van der Waals surface area contributed by atoms with E-state index in [1.807, 2.05) is 0 Å². The second kappa shape index (κ2) is 3.47. The zero-order valence-electron chi connectivity index (χ0n) is 7.78. The van der Waals surface area contributed by atoms with Gasteiger partial charge in [-0.2, -0.15) is 13.2 Å². The van der Waals surface area contributed by atoms with Gasteiger partial charge in [-0.3, -0.25) is 0 Å². The number of nitrogens with two attached hydrogens (primary N) is 1. The van der Waals surface area contributed by atoms with Gasteiger partial charge in [0.1, 0.15) is 11.5 Å². The summed E-state index contributed by atoms with van der Waals surface area (Å²) in [6.07, 6.45) is -1.14. The van der Waals surface area contributed by atoms with E-state index >= 15 is 0 Å². The first-order valence-electron chi connectivity index (χ1n) is 4.17. The Hall–Kier alpha value is -2.12. The molecular formula is C8H6F3N5. The summed E-state index contributed by atoms with van der Waals surface area (Å²) in [6.45, 7) is 0. The van der Waals surface area contributed by atoms with Crippen LogP contribution >= 0.6 is 0 Å². The van der Waals surface area contributed by atoms with E-state index in [0.717, 1.165) is 0 Å². The SMILES string of the molecule is Nc1ncc(-c2ncc(C(F)(F)F)[nH]2)cn1. The van der Waals surface area contributed by atoms with Crippen LogP contribution in [-0.2, 0) is 6.18 Å². The van der Waals surface area contributed by atoms with Crippen LogP contribution in [0.3, 0.4) is 0 Å². The van der Waals surface area contributed by atoms with Crippen LogP contribution < -0.4 is 5.73 Å². The molecule has 8 heteroatoms. The van der Waals surface area contributed by atoms with Crippen molar-refractivity contribution in [3.63, 3.8) is 0 Å². The van der Waals surface area contributed by atoms with Gasteiger partial charge in [0.05, 0.1) is 11.8 Å². The first-order valence-corrected chi connectivity index (χ1v) is 4.17. The molecule has 0 fully saturated rings. The van der Waals surface area contributed by atoms with Crippen molar-refractivity contribution in [1.29, 1.82) is 0 Å². The number of hydrogen-bond donors (Lipinski definition) is 2. The average molecular weight is 229 g/mol. The maximum Gasteiger partial charge on any atom is 0.432 e. The molecule has 0 bridgehead atoms. The minimum atomic E-state index is -4.44. The van der Waals surface area contributed by atoms with Gasteiger partial charge in [0.2, 0.25) is 5.95 Å². The topological polar surface area (TPSA) is 80.5 Å². The second-order valence-corrected chi connectivity index (χ2v) is 2.97. The van der Waals surface area contributed by atoms with Crippen molar-refractivity contribution in [2.24, 2.45) is 0 Å². The van der Waals surface area contributed by atoms with Crippen molar-refractivity contribution < 1.29 is 13.2 Å². The lowest BCUT2D eigenvalue weighted by atomic mass is 10.3. The molecule has 0 aliphatic carbocycles. The molecule has 0 aliphatic rings. The molecule has 0 saturated carbocycles. The third kappa shape index (κ3) is 1.95. The number of alkyl halides is 3. The number of aromatic amines is 1. The predicted molar refractivity (Wildman–Crippen MR) is 49.0 cm³/mol. The van der Waals surface area contributed by atoms with Crippen LogP contribution in [-0.4, -0.2) is 19.9 Å². The summed E-state index contributed by atoms with van der Waals surface area (Å²) in [5, 5.41) is 0. The van der Waals surface area contributed by atoms with Gasteiger partial charge in [0, 0.05) is 12.4 Å². The minimum Gasteiger partial charge on any atom is -0.368 e. The average Bonchev–Trinajstić information content (AvgIpc) is 2.67. The van der Waals surface area contributed by atoms with Crippen LogP contribution in [0.15, 0.2) is 18.6 Å². The molecule has 0 saturated heterocycles. The third-order valence-corrected chi connectivity index (χ3v) is 1.83. The summed E-state index contributed by atoms with van der Waals surface area (Å²) < 4.78 is 36.8. The Balaban J connectivity index is 2.35. The van der Waals surface area contributed by atoms with Gasteiger partial charge in [-0.1, -0.05) is 0 Å². The quantitative estimate of drug-likeness (QED) is 0.775. The van der Waals surface area contributed by atoms with E-state index < -0.39 is 11.9 Å². The fourth-order valence-corrected chi connectivity index (χ4v) is 1.07. The molecule has 5 nitrogen and oxygen atoms in total. The van der Waals surface area contributed by atoms with Crippen molar-refractivity contribution in [2.45, 2.75) is 6.18 Å². The fourth-order valence-electron chi connectivity index (χ4n) is 1.07. The maximum atomic E-state index is 12.3. The largest absolute Gasteiger partial charge is 0.432 e. The number of aromatic nitrogens is 4. The van der Waals surface area contributed by atoms with Crippen molar-refractivity contribution in [3.8, 4) is 11.4 Å². The van der Waals surface area contributed by atoms with Gasteiger partial charge in [0.25, 0.3) is 0 Å². The van der Waals surface area contributed by atoms with E-state index in [4.69, 9.17) is 5.73 Å². The summed E-state index contributed by atoms with van der Waals surface area (Å²) >= 11 is 0. The fraction of sp³-hybridized carbons (Fsp3) is 0.125. The van der Waals surface area contributed by atoms with Gasteiger partial charge in [-0.25, -0.2) is 15.0 Å². The number of nitrogens with one attached hydrogen (secondary N) is 1. The maximum absolute atomic E-state index is 12.3. The zero-order valence-corrected chi connectivity index (χ0v) is 7.78. The second-order valence-electron chi connectivity index (χ2n) is 2.97. The molecule has 0 aliphatic heterocycles. The molecule has 16 heavy (non-hydrogen) atoms. The molecule has 0 aromatic carbocycles. The molecule has 84 valence electrons. The third-order valence-electron chi connectivity index (χ3n) is 1.83. The van der Waals surface area contributed by atoms with Crippen LogP contribution in [0.4, 0.5) is 19.1 Å². The highest BCUT2D eigenvalue weighted by molar-refractivity contribution is 5.53. The predicted octanol–water partition coefficient (Wildman–Crippen LogP) is 1.47. The van der Waals surface area contributed by atoms with Crippen molar-refractivity contribution in [2.75, 3.05) is 5.73 Å². The van der Waals surface area contributed by atoms with Crippen LogP contribution in [0.1, 0.15) is 5.69 Å². The molecule has 0 unspecified atom stereocenters. The monoisotopic (exact) mass is 229 g/mol. The molecule has 2 heterocycles. The summed E-state index contributed by atoms with van der Waals surface area (Å²) in [6, 6.07) is 0. The van der Waals surface area contributed by atoms with E-state index in [0.29, 0.717) is 11.8 Å². The van der Waals surface area contributed by atoms with Gasteiger partial charge in [0.15, 0.2) is 0 Å². The van der Waals surface area contributed by atoms with Gasteiger partial charge in [-0.05, 0) is 0 Å². The van der Waals surface area contributed by atoms with E-state index in [-0.39, 0.29) is 11.8 Å². The smallest absolute Gasteiger partial charge is 0.368 e. The molecular weight excluding hydrogens is 223 g/mol. The lowest BCUT2D eigenvalue weighted by molar-refractivity contribution is -0.140. The zero-order chi connectivity index (χ0) is 11.8. The van der Waals surface area contributed by atoms with Gasteiger partial charge >= 0.3 is 6.18 Å². The lowest BCUT2D eigenvalue weighted by Gasteiger charge is -2.01. The van der Waals surface area contributed by atoms with Crippen LogP contribution in [0.2, 0.25) is 0 Å². The molecule has 2 aromatic heterocycles. The van der Waals surface area contributed by atoms with Gasteiger partial charge in [-0.15, -0.1) is 0 Å². The molecule has 2 rings (SSSR count). The van der Waals surface area contributed by atoms with Crippen LogP contribution in [0, 0.1) is 0 Å². The molecule has 0 amide bonds. The van der Waals surface area contributed by atoms with Gasteiger partial charge < -0.3 is 10.7 Å². The van der Waals surface area contributed by atoms with E-state index in [1.165, 1.54) is 12.4 Å². The number of imidazole rings is 1. The van der Waals surface area contributed by atoms with Crippen LogP contribution in [0.5, 0.6) is 0 Å². The van der Waals surface area contributed by atoms with Crippen molar-refractivity contribution >= 4 is 5.95 Å². The minimum absolute atomic E-state index is 0.0475. The van der Waals surface area contributed by atoms with Crippen molar-refractivity contribution in [1.82, 2.24) is 19.9 Å². The highest BCUT2D eigenvalue weighted by atomic mass is 19.4. The Labute approximate surface area is 87.6 Å². The standard InChI is InChI=1S/C8H6F3N5/c9-8(10,11)5-3-13-6(16-5)4-1-14-7(12)15-2-4/h1-3H,(H,13,16)(H2,12,14,15). The lowest BCUT2D eigenvalue weighted by Crippen LogP contribution is -2.04. The Morgan fingerprint density at radius 3 is 2.19 bits per heavy atom. The Kier molecular flexibility index (Phi) is 2.26. The van der Waals surface area contributed by atoms with E-state index in [9.17, 15) is 13.2 Å². The highest BCUT2D eigenvalue weighted by Crippen LogP contribution is 2.28. The Morgan fingerprint density at radius 1 is 1.06 bits per heavy atom. The number of H-pyrrole nitrogens is 1. The first kappa shape index (κ1) is 10.4. The van der Waals surface area contributed by atoms with E-state index in [2.05, 4.69) is 19.9 Å². The molecule has 3 N–H and O–H groups in total. The highest BCUT2D eigenvalue weighted by Gasteiger charge is 2.33. The first-order chi connectivity index (χ1) is 7.47. The molecule has 2 aromatic rings. The number of hydrogen-bond acceptors (Lipinski definition) is 4. The Bertz CT molecular complexity index is 487. The molecule has 0 radical (unpaired) electrons.